The van der Waals surface area contributed by atoms with Gasteiger partial charge in [0.1, 0.15) is 6.54 Å². The summed E-state index contributed by atoms with van der Waals surface area (Å²) < 4.78 is 6.65. The first-order valence-corrected chi connectivity index (χ1v) is 5.77. The van der Waals surface area contributed by atoms with Gasteiger partial charge in [-0.15, -0.1) is 0 Å². The van der Waals surface area contributed by atoms with E-state index in [0.29, 0.717) is 13.2 Å². The van der Waals surface area contributed by atoms with Crippen LogP contribution in [0.5, 0.6) is 0 Å². The van der Waals surface area contributed by atoms with Gasteiger partial charge < -0.3 is 19.7 Å². The lowest BCUT2D eigenvalue weighted by atomic mass is 10.1. The Kier molecular flexibility index (Phi) is 3.93. The van der Waals surface area contributed by atoms with E-state index in [2.05, 4.69) is 10.3 Å². The molecule has 1 aromatic heterocycles. The Morgan fingerprint density at radius 1 is 1.50 bits per heavy atom. The maximum absolute atomic E-state index is 11.7. The zero-order valence-corrected chi connectivity index (χ0v) is 9.83. The van der Waals surface area contributed by atoms with Gasteiger partial charge in [-0.25, -0.2) is 9.78 Å². The van der Waals surface area contributed by atoms with Gasteiger partial charge in [-0.2, -0.15) is 0 Å². The van der Waals surface area contributed by atoms with E-state index < -0.39 is 5.97 Å². The first-order chi connectivity index (χ1) is 8.65. The topological polar surface area (TPSA) is 93.5 Å². The van der Waals surface area contributed by atoms with Crippen LogP contribution in [0.4, 0.5) is 0 Å². The molecule has 98 valence electrons. The van der Waals surface area contributed by atoms with Crippen molar-refractivity contribution in [3.05, 3.63) is 18.2 Å². The normalized spacial score (nSPS) is 16.4. The number of amides is 1. The summed E-state index contributed by atoms with van der Waals surface area (Å²) in [6, 6.07) is 0.147. The first kappa shape index (κ1) is 12.6. The second kappa shape index (κ2) is 5.63. The van der Waals surface area contributed by atoms with Crippen molar-refractivity contribution in [2.45, 2.75) is 25.4 Å². The quantitative estimate of drug-likeness (QED) is 0.780. The number of carbonyl (C=O) groups excluding carboxylic acids is 1. The largest absolute Gasteiger partial charge is 0.476 e. The Balaban J connectivity index is 1.84. The van der Waals surface area contributed by atoms with E-state index in [1.54, 1.807) is 0 Å². The number of hydrogen-bond donors (Lipinski definition) is 2. The lowest BCUT2D eigenvalue weighted by Crippen LogP contribution is -2.40. The van der Waals surface area contributed by atoms with Crippen LogP contribution in [0.2, 0.25) is 0 Å². The highest BCUT2D eigenvalue weighted by Gasteiger charge is 2.16. The van der Waals surface area contributed by atoms with Gasteiger partial charge in [-0.3, -0.25) is 4.79 Å². The lowest BCUT2D eigenvalue weighted by Gasteiger charge is -2.23. The zero-order chi connectivity index (χ0) is 13.0. The van der Waals surface area contributed by atoms with Gasteiger partial charge >= 0.3 is 5.97 Å². The number of aromatic nitrogens is 2. The second-order valence-corrected chi connectivity index (χ2v) is 4.19. The minimum Gasteiger partial charge on any atom is -0.476 e. The summed E-state index contributed by atoms with van der Waals surface area (Å²) in [7, 11) is 0. The van der Waals surface area contributed by atoms with Crippen LogP contribution in [0, 0.1) is 0 Å². The number of nitrogens with one attached hydrogen (secondary N) is 1. The summed E-state index contributed by atoms with van der Waals surface area (Å²) in [5.74, 6) is -1.24. The fraction of sp³-hybridized carbons (Fsp3) is 0.545. The average Bonchev–Trinajstić information content (AvgIpc) is 2.78. The van der Waals surface area contributed by atoms with Gasteiger partial charge in [-0.05, 0) is 12.8 Å². The number of nitrogens with zero attached hydrogens (tertiary/aromatic N) is 2. The molecule has 0 unspecified atom stereocenters. The molecule has 0 bridgehead atoms. The predicted molar refractivity (Wildman–Crippen MR) is 61.2 cm³/mol. The van der Waals surface area contributed by atoms with Gasteiger partial charge in [0.05, 0.1) is 6.33 Å². The van der Waals surface area contributed by atoms with Crippen LogP contribution in [0.3, 0.4) is 0 Å². The molecule has 2 heterocycles. The van der Waals surface area contributed by atoms with E-state index in [0.717, 1.165) is 12.8 Å². The molecule has 0 saturated carbocycles. The molecule has 0 atom stereocenters. The van der Waals surface area contributed by atoms with E-state index in [9.17, 15) is 9.59 Å². The van der Waals surface area contributed by atoms with Crippen LogP contribution in [0.15, 0.2) is 12.5 Å². The van der Waals surface area contributed by atoms with Crippen LogP contribution in [0.1, 0.15) is 23.3 Å². The van der Waals surface area contributed by atoms with Crippen LogP contribution >= 0.6 is 0 Å². The van der Waals surface area contributed by atoms with E-state index in [1.165, 1.54) is 17.1 Å². The second-order valence-electron chi connectivity index (χ2n) is 4.19. The number of imidazole rings is 1. The number of carboxylic acid groups (broad SMARTS) is 1. The maximum atomic E-state index is 11.7. The number of aromatic carboxylic acids is 1. The fourth-order valence-electron chi connectivity index (χ4n) is 1.84. The Morgan fingerprint density at radius 3 is 2.83 bits per heavy atom. The molecule has 0 radical (unpaired) electrons. The summed E-state index contributed by atoms with van der Waals surface area (Å²) in [6.45, 7) is 1.41. The third-order valence-electron chi connectivity index (χ3n) is 2.76. The molecule has 1 saturated heterocycles. The molecule has 1 fully saturated rings. The number of carbonyl (C=O) groups is 2. The monoisotopic (exact) mass is 253 g/mol. The van der Waals surface area contributed by atoms with Gasteiger partial charge in [0.2, 0.25) is 5.91 Å². The van der Waals surface area contributed by atoms with Crippen molar-refractivity contribution < 1.29 is 19.4 Å². The Bertz CT molecular complexity index is 437. The molecule has 1 aromatic rings. The summed E-state index contributed by atoms with van der Waals surface area (Å²) >= 11 is 0. The molecule has 0 aliphatic carbocycles. The lowest BCUT2D eigenvalue weighted by molar-refractivity contribution is -0.123. The highest BCUT2D eigenvalue weighted by atomic mass is 16.5. The van der Waals surface area contributed by atoms with Gasteiger partial charge in [0, 0.05) is 25.5 Å². The SMILES string of the molecule is O=C(Cn1cnc(C(=O)O)c1)NC1CCOCC1. The van der Waals surface area contributed by atoms with Gasteiger partial charge in [-0.1, -0.05) is 0 Å². The van der Waals surface area contributed by atoms with E-state index >= 15 is 0 Å². The van der Waals surface area contributed by atoms with E-state index in [1.807, 2.05) is 0 Å². The molecule has 7 heteroatoms. The van der Waals surface area contributed by atoms with Crippen LogP contribution in [0.25, 0.3) is 0 Å². The van der Waals surface area contributed by atoms with Crippen molar-refractivity contribution in [1.82, 2.24) is 14.9 Å². The summed E-state index contributed by atoms with van der Waals surface area (Å²) in [5.41, 5.74) is -0.0612. The van der Waals surface area contributed by atoms with Crippen LogP contribution < -0.4 is 5.32 Å². The van der Waals surface area contributed by atoms with Crippen molar-refractivity contribution >= 4 is 11.9 Å². The minimum absolute atomic E-state index is 0.0612. The molecular weight excluding hydrogens is 238 g/mol. The molecule has 0 spiro atoms. The highest BCUT2D eigenvalue weighted by Crippen LogP contribution is 2.06. The standard InChI is InChI=1S/C11H15N3O4/c15-10(13-8-1-3-18-4-2-8)6-14-5-9(11(16)17)12-7-14/h5,7-8H,1-4,6H2,(H,13,15)(H,16,17). The smallest absolute Gasteiger partial charge is 0.356 e. The summed E-state index contributed by atoms with van der Waals surface area (Å²) in [6.07, 6.45) is 4.31. The Morgan fingerprint density at radius 2 is 2.22 bits per heavy atom. The molecule has 1 aliphatic rings. The van der Waals surface area contributed by atoms with Crippen LogP contribution in [-0.4, -0.2) is 45.8 Å². The summed E-state index contributed by atoms with van der Waals surface area (Å²) in [4.78, 5) is 26.0. The first-order valence-electron chi connectivity index (χ1n) is 5.77. The molecule has 1 aliphatic heterocycles. The number of ether oxygens (including phenoxy) is 1. The third kappa shape index (κ3) is 3.30. The highest BCUT2D eigenvalue weighted by molar-refractivity contribution is 5.85. The Hall–Kier alpha value is -1.89. The Labute approximate surface area is 104 Å². The van der Waals surface area contributed by atoms with E-state index in [-0.39, 0.29) is 24.2 Å². The summed E-state index contributed by atoms with van der Waals surface area (Å²) in [5, 5.41) is 11.6. The zero-order valence-electron chi connectivity index (χ0n) is 9.83. The number of carboxylic acids is 1. The van der Waals surface area contributed by atoms with Crippen LogP contribution in [-0.2, 0) is 16.1 Å². The maximum Gasteiger partial charge on any atom is 0.356 e. The fourth-order valence-corrected chi connectivity index (χ4v) is 1.84. The van der Waals surface area contributed by atoms with Crippen molar-refractivity contribution in [1.29, 1.82) is 0 Å². The molecule has 7 nitrogen and oxygen atoms in total. The molecule has 1 amide bonds. The van der Waals surface area contributed by atoms with Crippen molar-refractivity contribution in [3.8, 4) is 0 Å². The van der Waals surface area contributed by atoms with Crippen molar-refractivity contribution in [3.63, 3.8) is 0 Å². The van der Waals surface area contributed by atoms with Gasteiger partial charge in [0.15, 0.2) is 5.69 Å². The van der Waals surface area contributed by atoms with E-state index in [4.69, 9.17) is 9.84 Å². The van der Waals surface area contributed by atoms with Crippen molar-refractivity contribution in [2.75, 3.05) is 13.2 Å². The molecule has 18 heavy (non-hydrogen) atoms. The number of rotatable bonds is 4. The average molecular weight is 253 g/mol. The molecule has 2 N–H and O–H groups in total. The molecular formula is C11H15N3O4. The van der Waals surface area contributed by atoms with Crippen molar-refractivity contribution in [2.24, 2.45) is 0 Å². The number of hydrogen-bond acceptors (Lipinski definition) is 4. The molecule has 0 aromatic carbocycles. The predicted octanol–water partition coefficient (Wildman–Crippen LogP) is -0.124. The minimum atomic E-state index is -1.10. The third-order valence-corrected chi connectivity index (χ3v) is 2.76. The molecule has 2 rings (SSSR count). The van der Waals surface area contributed by atoms with Gasteiger partial charge in [0.25, 0.3) is 0 Å².